The first kappa shape index (κ1) is 22.5. The lowest BCUT2D eigenvalue weighted by Gasteiger charge is -2.41. The van der Waals surface area contributed by atoms with Gasteiger partial charge in [0.15, 0.2) is 0 Å². The van der Waals surface area contributed by atoms with Crippen LogP contribution in [-0.4, -0.2) is 89.3 Å². The first-order valence-electron chi connectivity index (χ1n) is 11.5. The zero-order chi connectivity index (χ0) is 22.4. The minimum Gasteiger partial charge on any atom is -0.492 e. The summed E-state index contributed by atoms with van der Waals surface area (Å²) in [4.78, 5) is 27.4. The number of likely N-dealkylation sites (N-methyl/N-ethyl adjacent to an activating group) is 1. The van der Waals surface area contributed by atoms with Crippen molar-refractivity contribution in [3.8, 4) is 5.75 Å². The predicted octanol–water partition coefficient (Wildman–Crippen LogP) is 2.05. The average Bonchev–Trinajstić information content (AvgIpc) is 3.33. The molecule has 1 amide bonds. The highest BCUT2D eigenvalue weighted by Crippen LogP contribution is 2.26. The Morgan fingerprint density at radius 1 is 1.16 bits per heavy atom. The van der Waals surface area contributed by atoms with Crippen molar-refractivity contribution in [1.82, 2.24) is 19.8 Å². The highest BCUT2D eigenvalue weighted by atomic mass is 16.5. The molecule has 0 saturated carbocycles. The average molecular weight is 440 g/mol. The SMILES string of the molecule is CN(C[C@@]1(O)CCCN(c2cnccn2)C1)C(=O)c1ccc(OCCN2CCCC2)cc1. The van der Waals surface area contributed by atoms with E-state index in [0.717, 1.165) is 44.2 Å². The van der Waals surface area contributed by atoms with Gasteiger partial charge in [0, 0.05) is 44.6 Å². The van der Waals surface area contributed by atoms with Gasteiger partial charge in [-0.2, -0.15) is 0 Å². The highest BCUT2D eigenvalue weighted by molar-refractivity contribution is 5.94. The van der Waals surface area contributed by atoms with Gasteiger partial charge in [0.05, 0.1) is 18.3 Å². The molecule has 1 atom stereocenters. The summed E-state index contributed by atoms with van der Waals surface area (Å²) < 4.78 is 5.83. The molecule has 0 aliphatic carbocycles. The third-order valence-corrected chi connectivity index (χ3v) is 6.28. The van der Waals surface area contributed by atoms with Crippen molar-refractivity contribution in [2.75, 3.05) is 57.8 Å². The molecule has 4 rings (SSSR count). The summed E-state index contributed by atoms with van der Waals surface area (Å²) in [5.74, 6) is 1.41. The van der Waals surface area contributed by atoms with Crippen LogP contribution in [0.25, 0.3) is 0 Å². The summed E-state index contributed by atoms with van der Waals surface area (Å²) in [6.07, 6.45) is 9.02. The Morgan fingerprint density at radius 2 is 1.94 bits per heavy atom. The lowest BCUT2D eigenvalue weighted by atomic mass is 9.92. The molecule has 3 heterocycles. The number of benzene rings is 1. The normalized spacial score (nSPS) is 21.5. The van der Waals surface area contributed by atoms with Crippen LogP contribution in [0.3, 0.4) is 0 Å². The van der Waals surface area contributed by atoms with Gasteiger partial charge in [0.2, 0.25) is 0 Å². The molecule has 172 valence electrons. The van der Waals surface area contributed by atoms with E-state index in [4.69, 9.17) is 4.74 Å². The number of nitrogens with zero attached hydrogens (tertiary/aromatic N) is 5. The summed E-state index contributed by atoms with van der Waals surface area (Å²) in [5.41, 5.74) is -0.400. The fourth-order valence-electron chi connectivity index (χ4n) is 4.62. The Balaban J connectivity index is 1.29. The van der Waals surface area contributed by atoms with E-state index in [2.05, 4.69) is 14.9 Å². The topological polar surface area (TPSA) is 82.0 Å². The number of piperidine rings is 1. The second kappa shape index (κ2) is 10.3. The fourth-order valence-corrected chi connectivity index (χ4v) is 4.62. The lowest BCUT2D eigenvalue weighted by Crippen LogP contribution is -2.54. The molecule has 0 unspecified atom stereocenters. The van der Waals surface area contributed by atoms with Crippen LogP contribution in [-0.2, 0) is 0 Å². The van der Waals surface area contributed by atoms with Gasteiger partial charge >= 0.3 is 0 Å². The number of rotatable bonds is 8. The maximum atomic E-state index is 12.9. The van der Waals surface area contributed by atoms with Crippen molar-refractivity contribution in [1.29, 1.82) is 0 Å². The van der Waals surface area contributed by atoms with Gasteiger partial charge in [0.1, 0.15) is 18.2 Å². The van der Waals surface area contributed by atoms with Crippen molar-refractivity contribution in [3.05, 3.63) is 48.4 Å². The number of carbonyl (C=O) groups excluding carboxylic acids is 1. The Labute approximate surface area is 189 Å². The molecule has 0 bridgehead atoms. The first-order chi connectivity index (χ1) is 15.5. The number of likely N-dealkylation sites (tertiary alicyclic amines) is 1. The molecule has 2 aliphatic heterocycles. The standard InChI is InChI=1S/C24H33N5O3/c1-27(18-24(31)9-4-14-29(19-24)22-17-25-10-11-26-22)23(30)20-5-7-21(8-6-20)32-16-15-28-12-2-3-13-28/h5-8,10-11,17,31H,2-4,9,12-16,18-19H2,1H3/t24-/m0/s1. The van der Waals surface area contributed by atoms with Crippen molar-refractivity contribution in [2.24, 2.45) is 0 Å². The lowest BCUT2D eigenvalue weighted by molar-refractivity contribution is -0.000147. The molecule has 1 aromatic heterocycles. The number of ether oxygens (including phenoxy) is 1. The maximum Gasteiger partial charge on any atom is 0.253 e. The maximum absolute atomic E-state index is 12.9. The van der Waals surface area contributed by atoms with E-state index in [1.165, 1.54) is 12.8 Å². The fraction of sp³-hybridized carbons (Fsp3) is 0.542. The van der Waals surface area contributed by atoms with E-state index < -0.39 is 5.60 Å². The van der Waals surface area contributed by atoms with Crippen LogP contribution in [0.1, 0.15) is 36.0 Å². The van der Waals surface area contributed by atoms with Crippen molar-refractivity contribution >= 4 is 11.7 Å². The van der Waals surface area contributed by atoms with Crippen LogP contribution < -0.4 is 9.64 Å². The number of amides is 1. The summed E-state index contributed by atoms with van der Waals surface area (Å²) in [6.45, 7) is 5.41. The minimum absolute atomic E-state index is 0.112. The van der Waals surface area contributed by atoms with E-state index >= 15 is 0 Å². The number of aromatic nitrogens is 2. The molecular weight excluding hydrogens is 406 g/mol. The van der Waals surface area contributed by atoms with Crippen LogP contribution in [0.5, 0.6) is 5.75 Å². The number of hydrogen-bond acceptors (Lipinski definition) is 7. The molecule has 2 fully saturated rings. The molecule has 32 heavy (non-hydrogen) atoms. The van der Waals surface area contributed by atoms with Crippen molar-refractivity contribution in [2.45, 2.75) is 31.3 Å². The molecule has 1 N–H and O–H groups in total. The minimum atomic E-state index is -0.987. The zero-order valence-electron chi connectivity index (χ0n) is 18.8. The molecule has 2 saturated heterocycles. The van der Waals surface area contributed by atoms with Crippen LogP contribution >= 0.6 is 0 Å². The molecular formula is C24H33N5O3. The molecule has 1 aromatic carbocycles. The molecule has 0 radical (unpaired) electrons. The third-order valence-electron chi connectivity index (χ3n) is 6.28. The predicted molar refractivity (Wildman–Crippen MR) is 123 cm³/mol. The van der Waals surface area contributed by atoms with E-state index in [9.17, 15) is 9.90 Å². The van der Waals surface area contributed by atoms with E-state index in [-0.39, 0.29) is 12.5 Å². The molecule has 8 heteroatoms. The van der Waals surface area contributed by atoms with Gasteiger partial charge in [-0.3, -0.25) is 14.7 Å². The number of β-amino-alcohol motifs (C(OH)–C–C–N with tert-alkyl or cyclic N) is 1. The largest absolute Gasteiger partial charge is 0.492 e. The van der Waals surface area contributed by atoms with Crippen LogP contribution in [0.2, 0.25) is 0 Å². The summed E-state index contributed by atoms with van der Waals surface area (Å²) >= 11 is 0. The van der Waals surface area contributed by atoms with Crippen molar-refractivity contribution < 1.29 is 14.6 Å². The Kier molecular flexibility index (Phi) is 7.22. The molecule has 2 aliphatic rings. The van der Waals surface area contributed by atoms with E-state index in [0.29, 0.717) is 25.1 Å². The second-order valence-corrected chi connectivity index (χ2v) is 8.90. The third kappa shape index (κ3) is 5.75. The van der Waals surface area contributed by atoms with Gasteiger partial charge in [-0.25, -0.2) is 4.98 Å². The quantitative estimate of drug-likeness (QED) is 0.674. The van der Waals surface area contributed by atoms with Gasteiger partial charge in [0.25, 0.3) is 5.91 Å². The van der Waals surface area contributed by atoms with Gasteiger partial charge in [-0.15, -0.1) is 0 Å². The zero-order valence-corrected chi connectivity index (χ0v) is 18.8. The number of anilines is 1. The van der Waals surface area contributed by atoms with Gasteiger partial charge < -0.3 is 19.6 Å². The second-order valence-electron chi connectivity index (χ2n) is 8.90. The Bertz CT molecular complexity index is 873. The van der Waals surface area contributed by atoms with E-state index in [1.807, 2.05) is 17.0 Å². The van der Waals surface area contributed by atoms with Crippen LogP contribution in [0, 0.1) is 0 Å². The van der Waals surface area contributed by atoms with Crippen LogP contribution in [0.4, 0.5) is 5.82 Å². The summed E-state index contributed by atoms with van der Waals surface area (Å²) in [5, 5.41) is 11.2. The molecule has 0 spiro atoms. The van der Waals surface area contributed by atoms with Gasteiger partial charge in [-0.1, -0.05) is 0 Å². The monoisotopic (exact) mass is 439 g/mol. The highest BCUT2D eigenvalue weighted by Gasteiger charge is 2.36. The van der Waals surface area contributed by atoms with Crippen molar-refractivity contribution in [3.63, 3.8) is 0 Å². The number of aliphatic hydroxyl groups is 1. The summed E-state index contributed by atoms with van der Waals surface area (Å²) in [6, 6.07) is 7.27. The summed E-state index contributed by atoms with van der Waals surface area (Å²) in [7, 11) is 1.74. The Hall–Kier alpha value is -2.71. The van der Waals surface area contributed by atoms with Gasteiger partial charge in [-0.05, 0) is 63.0 Å². The Morgan fingerprint density at radius 3 is 2.66 bits per heavy atom. The molecule has 2 aromatic rings. The number of hydrogen-bond donors (Lipinski definition) is 1. The van der Waals surface area contributed by atoms with Crippen LogP contribution in [0.15, 0.2) is 42.9 Å². The first-order valence-corrected chi connectivity index (χ1v) is 11.5. The molecule has 8 nitrogen and oxygen atoms in total. The number of carbonyl (C=O) groups is 1. The van der Waals surface area contributed by atoms with E-state index in [1.54, 1.807) is 42.7 Å². The smallest absolute Gasteiger partial charge is 0.253 e.